The monoisotopic (exact) mass is 235 g/mol. The van der Waals surface area contributed by atoms with E-state index in [4.69, 9.17) is 15.6 Å². The summed E-state index contributed by atoms with van der Waals surface area (Å²) in [4.78, 5) is 0. The molecule has 0 amide bonds. The SMILES string of the molecule is NCc1nn(C2CCOCC2)c2c1CCCC2. The Bertz CT molecular complexity index is 394. The van der Waals surface area contributed by atoms with Gasteiger partial charge in [0.15, 0.2) is 0 Å². The number of aromatic nitrogens is 2. The van der Waals surface area contributed by atoms with Gasteiger partial charge in [-0.25, -0.2) is 0 Å². The highest BCUT2D eigenvalue weighted by Crippen LogP contribution is 2.30. The Hall–Kier alpha value is -0.870. The Morgan fingerprint density at radius 1 is 1.24 bits per heavy atom. The third kappa shape index (κ3) is 2.00. The maximum absolute atomic E-state index is 5.82. The highest BCUT2D eigenvalue weighted by molar-refractivity contribution is 5.29. The normalized spacial score (nSPS) is 21.5. The van der Waals surface area contributed by atoms with Gasteiger partial charge < -0.3 is 10.5 Å². The second kappa shape index (κ2) is 4.78. The van der Waals surface area contributed by atoms with Crippen molar-refractivity contribution in [2.75, 3.05) is 13.2 Å². The first kappa shape index (κ1) is 11.2. The summed E-state index contributed by atoms with van der Waals surface area (Å²) in [6.45, 7) is 2.33. The maximum atomic E-state index is 5.82. The van der Waals surface area contributed by atoms with Gasteiger partial charge in [-0.15, -0.1) is 0 Å². The fourth-order valence-corrected chi connectivity index (χ4v) is 3.10. The number of nitrogens with zero attached hydrogens (tertiary/aromatic N) is 2. The molecule has 1 aromatic rings. The summed E-state index contributed by atoms with van der Waals surface area (Å²) in [5, 5.41) is 4.77. The molecule has 3 rings (SSSR count). The molecule has 0 radical (unpaired) electrons. The van der Waals surface area contributed by atoms with Crippen LogP contribution in [-0.4, -0.2) is 23.0 Å². The van der Waals surface area contributed by atoms with Crippen LogP contribution in [0.25, 0.3) is 0 Å². The lowest BCUT2D eigenvalue weighted by Gasteiger charge is -2.25. The van der Waals surface area contributed by atoms with E-state index in [1.54, 1.807) is 0 Å². The molecule has 4 heteroatoms. The van der Waals surface area contributed by atoms with E-state index in [-0.39, 0.29) is 0 Å². The van der Waals surface area contributed by atoms with Gasteiger partial charge in [0.2, 0.25) is 0 Å². The number of rotatable bonds is 2. The summed E-state index contributed by atoms with van der Waals surface area (Å²) < 4.78 is 7.71. The van der Waals surface area contributed by atoms with Crippen molar-refractivity contribution < 1.29 is 4.74 Å². The number of nitrogens with two attached hydrogens (primary N) is 1. The van der Waals surface area contributed by atoms with Crippen molar-refractivity contribution in [3.8, 4) is 0 Å². The molecule has 2 N–H and O–H groups in total. The number of hydrogen-bond acceptors (Lipinski definition) is 3. The predicted molar refractivity (Wildman–Crippen MR) is 65.9 cm³/mol. The second-order valence-electron chi connectivity index (χ2n) is 5.07. The molecule has 0 bridgehead atoms. The highest BCUT2D eigenvalue weighted by Gasteiger charge is 2.25. The van der Waals surface area contributed by atoms with E-state index in [1.165, 1.54) is 36.9 Å². The van der Waals surface area contributed by atoms with Crippen molar-refractivity contribution in [2.24, 2.45) is 5.73 Å². The van der Waals surface area contributed by atoms with E-state index in [0.29, 0.717) is 12.6 Å². The standard InChI is InChI=1S/C13H21N3O/c14-9-12-11-3-1-2-4-13(11)16(15-12)10-5-7-17-8-6-10/h10H,1-9,14H2. The van der Waals surface area contributed by atoms with Gasteiger partial charge >= 0.3 is 0 Å². The van der Waals surface area contributed by atoms with Crippen LogP contribution in [0, 0.1) is 0 Å². The van der Waals surface area contributed by atoms with Crippen molar-refractivity contribution in [1.29, 1.82) is 0 Å². The van der Waals surface area contributed by atoms with Crippen molar-refractivity contribution in [1.82, 2.24) is 9.78 Å². The van der Waals surface area contributed by atoms with Crippen LogP contribution in [0.5, 0.6) is 0 Å². The molecule has 0 spiro atoms. The van der Waals surface area contributed by atoms with Crippen LogP contribution in [-0.2, 0) is 24.1 Å². The van der Waals surface area contributed by atoms with E-state index in [2.05, 4.69) is 4.68 Å². The van der Waals surface area contributed by atoms with Gasteiger partial charge in [-0.1, -0.05) is 0 Å². The van der Waals surface area contributed by atoms with Crippen LogP contribution in [0.1, 0.15) is 48.7 Å². The van der Waals surface area contributed by atoms with E-state index in [1.807, 2.05) is 0 Å². The summed E-state index contributed by atoms with van der Waals surface area (Å²) in [5.41, 5.74) is 9.86. The number of hydrogen-bond donors (Lipinski definition) is 1. The molecule has 2 aliphatic rings. The summed E-state index contributed by atoms with van der Waals surface area (Å²) in [5.74, 6) is 0. The van der Waals surface area contributed by atoms with E-state index >= 15 is 0 Å². The quantitative estimate of drug-likeness (QED) is 0.846. The maximum Gasteiger partial charge on any atom is 0.0795 e. The largest absolute Gasteiger partial charge is 0.381 e. The molecule has 0 atom stereocenters. The second-order valence-corrected chi connectivity index (χ2v) is 5.07. The summed E-state index contributed by atoms with van der Waals surface area (Å²) in [6, 6.07) is 0.538. The molecule has 4 nitrogen and oxygen atoms in total. The summed E-state index contributed by atoms with van der Waals surface area (Å²) in [7, 11) is 0. The molecule has 1 aliphatic heterocycles. The first-order chi connectivity index (χ1) is 8.40. The Balaban J connectivity index is 1.95. The minimum absolute atomic E-state index is 0.538. The van der Waals surface area contributed by atoms with Crippen LogP contribution in [0.15, 0.2) is 0 Å². The third-order valence-corrected chi connectivity index (χ3v) is 4.02. The Labute approximate surface area is 102 Å². The van der Waals surface area contributed by atoms with Crippen molar-refractivity contribution in [3.05, 3.63) is 17.0 Å². The van der Waals surface area contributed by atoms with Crippen LogP contribution in [0.2, 0.25) is 0 Å². The van der Waals surface area contributed by atoms with Crippen LogP contribution in [0.4, 0.5) is 0 Å². The Kier molecular flexibility index (Phi) is 3.16. The molecule has 0 saturated carbocycles. The summed E-state index contributed by atoms with van der Waals surface area (Å²) >= 11 is 0. The van der Waals surface area contributed by atoms with Gasteiger partial charge in [-0.3, -0.25) is 4.68 Å². The average Bonchev–Trinajstić information content (AvgIpc) is 2.78. The summed E-state index contributed by atoms with van der Waals surface area (Å²) in [6.07, 6.45) is 7.13. The molecule has 0 unspecified atom stereocenters. The van der Waals surface area contributed by atoms with Crippen LogP contribution in [0.3, 0.4) is 0 Å². The topological polar surface area (TPSA) is 53.1 Å². The predicted octanol–water partition coefficient (Wildman–Crippen LogP) is 1.57. The molecule has 0 aromatic carbocycles. The van der Waals surface area contributed by atoms with Gasteiger partial charge in [0.25, 0.3) is 0 Å². The van der Waals surface area contributed by atoms with E-state index in [0.717, 1.165) is 31.7 Å². The zero-order valence-electron chi connectivity index (χ0n) is 10.3. The average molecular weight is 235 g/mol. The van der Waals surface area contributed by atoms with Crippen molar-refractivity contribution in [3.63, 3.8) is 0 Å². The minimum Gasteiger partial charge on any atom is -0.381 e. The van der Waals surface area contributed by atoms with Crippen LogP contribution >= 0.6 is 0 Å². The van der Waals surface area contributed by atoms with Gasteiger partial charge in [0.05, 0.1) is 11.7 Å². The first-order valence-corrected chi connectivity index (χ1v) is 6.77. The molecule has 1 saturated heterocycles. The van der Waals surface area contributed by atoms with Gasteiger partial charge in [0, 0.05) is 25.5 Å². The van der Waals surface area contributed by atoms with Crippen molar-refractivity contribution >= 4 is 0 Å². The molecular formula is C13H21N3O. The zero-order valence-corrected chi connectivity index (χ0v) is 10.3. The zero-order chi connectivity index (χ0) is 11.7. The Morgan fingerprint density at radius 3 is 2.76 bits per heavy atom. The minimum atomic E-state index is 0.538. The van der Waals surface area contributed by atoms with Gasteiger partial charge in [0.1, 0.15) is 0 Å². The first-order valence-electron chi connectivity index (χ1n) is 6.77. The lowest BCUT2D eigenvalue weighted by molar-refractivity contribution is 0.0652. The lowest BCUT2D eigenvalue weighted by Crippen LogP contribution is -2.23. The smallest absolute Gasteiger partial charge is 0.0795 e. The molecule has 1 aromatic heterocycles. The van der Waals surface area contributed by atoms with E-state index < -0.39 is 0 Å². The van der Waals surface area contributed by atoms with Gasteiger partial charge in [-0.05, 0) is 44.1 Å². The lowest BCUT2D eigenvalue weighted by atomic mass is 9.95. The fraction of sp³-hybridized carbons (Fsp3) is 0.769. The van der Waals surface area contributed by atoms with Gasteiger partial charge in [-0.2, -0.15) is 5.10 Å². The Morgan fingerprint density at radius 2 is 2.00 bits per heavy atom. The molecule has 94 valence electrons. The van der Waals surface area contributed by atoms with Crippen molar-refractivity contribution in [2.45, 2.75) is 51.1 Å². The van der Waals surface area contributed by atoms with Crippen LogP contribution < -0.4 is 5.73 Å². The molecule has 2 heterocycles. The molecular weight excluding hydrogens is 214 g/mol. The van der Waals surface area contributed by atoms with E-state index in [9.17, 15) is 0 Å². The molecule has 1 fully saturated rings. The number of ether oxygens (including phenoxy) is 1. The molecule has 17 heavy (non-hydrogen) atoms. The molecule has 1 aliphatic carbocycles. The third-order valence-electron chi connectivity index (χ3n) is 4.02. The number of fused-ring (bicyclic) bond motifs is 1. The highest BCUT2D eigenvalue weighted by atomic mass is 16.5. The fourth-order valence-electron chi connectivity index (χ4n) is 3.10.